The van der Waals surface area contributed by atoms with Crippen molar-refractivity contribution in [1.82, 2.24) is 10.2 Å². The van der Waals surface area contributed by atoms with E-state index >= 15 is 0 Å². The topological polar surface area (TPSA) is 64.3 Å². The Morgan fingerprint density at radius 2 is 2.27 bits per heavy atom. The first-order chi connectivity index (χ1) is 10.6. The highest BCUT2D eigenvalue weighted by Gasteiger charge is 2.24. The summed E-state index contributed by atoms with van der Waals surface area (Å²) >= 11 is 6.15. The number of anilines is 3. The molecule has 1 aromatic heterocycles. The first kappa shape index (κ1) is 14.7. The molecule has 3 rings (SSSR count). The Morgan fingerprint density at radius 3 is 3.05 bits per heavy atom. The van der Waals surface area contributed by atoms with Crippen LogP contribution in [0.5, 0.6) is 0 Å². The molecule has 2 aromatic rings. The van der Waals surface area contributed by atoms with Gasteiger partial charge in [0.05, 0.1) is 28.3 Å². The number of halogens is 1. The molecule has 1 aliphatic rings. The summed E-state index contributed by atoms with van der Waals surface area (Å²) in [6.07, 6.45) is 3.54. The Hall–Kier alpha value is -2.21. The van der Waals surface area contributed by atoms with Crippen molar-refractivity contribution in [2.75, 3.05) is 35.8 Å². The van der Waals surface area contributed by atoms with Crippen LogP contribution < -0.4 is 15.1 Å². The fourth-order valence-electron chi connectivity index (χ4n) is 2.59. The summed E-state index contributed by atoms with van der Waals surface area (Å²) in [5.74, 6) is 0. The fraction of sp³-hybridized carbons (Fsp3) is 0.333. The maximum Gasteiger partial charge on any atom is 0.326 e. The SMILES string of the molecule is CN(C)c1cc(NC(=O)N2CCCc3[nH]ncc32)ccc1Cl. The molecule has 6 nitrogen and oxygen atoms in total. The van der Waals surface area contributed by atoms with Crippen molar-refractivity contribution in [3.8, 4) is 0 Å². The minimum Gasteiger partial charge on any atom is -0.376 e. The molecular weight excluding hydrogens is 302 g/mol. The van der Waals surface area contributed by atoms with Crippen LogP contribution in [-0.4, -0.2) is 36.9 Å². The highest BCUT2D eigenvalue weighted by Crippen LogP contribution is 2.29. The molecule has 0 spiro atoms. The van der Waals surface area contributed by atoms with E-state index in [0.717, 1.165) is 29.9 Å². The van der Waals surface area contributed by atoms with E-state index in [9.17, 15) is 4.79 Å². The van der Waals surface area contributed by atoms with E-state index in [4.69, 9.17) is 11.6 Å². The molecular formula is C15H18ClN5O. The fourth-order valence-corrected chi connectivity index (χ4v) is 2.88. The molecule has 2 heterocycles. The van der Waals surface area contributed by atoms with Gasteiger partial charge in [0.1, 0.15) is 0 Å². The van der Waals surface area contributed by atoms with Gasteiger partial charge in [0.2, 0.25) is 0 Å². The number of hydrogen-bond acceptors (Lipinski definition) is 3. The Morgan fingerprint density at radius 1 is 1.45 bits per heavy atom. The molecule has 0 saturated carbocycles. The van der Waals surface area contributed by atoms with Gasteiger partial charge in [-0.15, -0.1) is 0 Å². The van der Waals surface area contributed by atoms with Crippen LogP contribution in [0, 0.1) is 0 Å². The smallest absolute Gasteiger partial charge is 0.326 e. The lowest BCUT2D eigenvalue weighted by Crippen LogP contribution is -2.38. The van der Waals surface area contributed by atoms with Gasteiger partial charge >= 0.3 is 6.03 Å². The van der Waals surface area contributed by atoms with Crippen molar-refractivity contribution in [2.24, 2.45) is 0 Å². The summed E-state index contributed by atoms with van der Waals surface area (Å²) in [6.45, 7) is 0.687. The van der Waals surface area contributed by atoms with Gasteiger partial charge in [-0.05, 0) is 31.0 Å². The van der Waals surface area contributed by atoms with Crippen molar-refractivity contribution in [1.29, 1.82) is 0 Å². The number of nitrogens with one attached hydrogen (secondary N) is 2. The number of amides is 2. The van der Waals surface area contributed by atoms with Gasteiger partial charge in [0.25, 0.3) is 0 Å². The monoisotopic (exact) mass is 319 g/mol. The maximum absolute atomic E-state index is 12.5. The first-order valence-electron chi connectivity index (χ1n) is 7.14. The number of carbonyl (C=O) groups excluding carboxylic acids is 1. The lowest BCUT2D eigenvalue weighted by Gasteiger charge is -2.26. The summed E-state index contributed by atoms with van der Waals surface area (Å²) in [6, 6.07) is 5.29. The van der Waals surface area contributed by atoms with Gasteiger partial charge in [-0.25, -0.2) is 4.79 Å². The lowest BCUT2D eigenvalue weighted by atomic mass is 10.1. The average molecular weight is 320 g/mol. The number of benzene rings is 1. The zero-order valence-electron chi connectivity index (χ0n) is 12.6. The number of nitrogens with zero attached hydrogens (tertiary/aromatic N) is 3. The third kappa shape index (κ3) is 2.74. The zero-order valence-corrected chi connectivity index (χ0v) is 13.3. The van der Waals surface area contributed by atoms with E-state index < -0.39 is 0 Å². The number of urea groups is 1. The average Bonchev–Trinajstić information content (AvgIpc) is 2.97. The lowest BCUT2D eigenvalue weighted by molar-refractivity contribution is 0.256. The van der Waals surface area contributed by atoms with Gasteiger partial charge < -0.3 is 10.2 Å². The molecule has 7 heteroatoms. The second-order valence-electron chi connectivity index (χ2n) is 5.48. The molecule has 0 atom stereocenters. The Labute approximate surface area is 134 Å². The van der Waals surface area contributed by atoms with E-state index in [1.54, 1.807) is 23.2 Å². The highest BCUT2D eigenvalue weighted by molar-refractivity contribution is 6.33. The van der Waals surface area contributed by atoms with Crippen LogP contribution in [0.2, 0.25) is 5.02 Å². The number of hydrogen-bond donors (Lipinski definition) is 2. The number of carbonyl (C=O) groups is 1. The Kier molecular flexibility index (Phi) is 3.94. The van der Waals surface area contributed by atoms with Crippen LogP contribution in [0.3, 0.4) is 0 Å². The van der Waals surface area contributed by atoms with Gasteiger partial charge in [-0.2, -0.15) is 5.10 Å². The normalized spacial score (nSPS) is 13.7. The second kappa shape index (κ2) is 5.88. The van der Waals surface area contributed by atoms with Crippen molar-refractivity contribution >= 4 is 34.7 Å². The van der Waals surface area contributed by atoms with Crippen molar-refractivity contribution < 1.29 is 4.79 Å². The molecule has 0 aliphatic carbocycles. The zero-order chi connectivity index (χ0) is 15.7. The summed E-state index contributed by atoms with van der Waals surface area (Å²) in [7, 11) is 3.82. The quantitative estimate of drug-likeness (QED) is 0.894. The third-order valence-corrected chi connectivity index (χ3v) is 4.04. The van der Waals surface area contributed by atoms with Crippen molar-refractivity contribution in [3.63, 3.8) is 0 Å². The van der Waals surface area contributed by atoms with E-state index in [1.807, 2.05) is 25.1 Å². The number of aromatic nitrogens is 2. The van der Waals surface area contributed by atoms with Gasteiger partial charge in [0.15, 0.2) is 0 Å². The predicted molar refractivity (Wildman–Crippen MR) is 89.1 cm³/mol. The standard InChI is InChI=1S/C15H18ClN5O/c1-20(2)13-8-10(5-6-11(13)16)18-15(22)21-7-3-4-12-14(21)9-17-19-12/h5-6,8-9H,3-4,7H2,1-2H3,(H,17,19)(H,18,22). The van der Waals surface area contributed by atoms with Crippen LogP contribution in [0.4, 0.5) is 21.9 Å². The molecule has 1 aliphatic heterocycles. The summed E-state index contributed by atoms with van der Waals surface area (Å²) in [4.78, 5) is 16.1. The largest absolute Gasteiger partial charge is 0.376 e. The van der Waals surface area contributed by atoms with E-state index in [1.165, 1.54) is 0 Å². The third-order valence-electron chi connectivity index (χ3n) is 3.72. The number of aryl methyl sites for hydroxylation is 1. The molecule has 2 N–H and O–H groups in total. The van der Waals surface area contributed by atoms with Gasteiger partial charge in [-0.1, -0.05) is 11.6 Å². The molecule has 0 fully saturated rings. The molecule has 0 bridgehead atoms. The molecule has 2 amide bonds. The number of H-pyrrole nitrogens is 1. The van der Waals surface area contributed by atoms with Gasteiger partial charge in [0, 0.05) is 26.3 Å². The minimum absolute atomic E-state index is 0.158. The maximum atomic E-state index is 12.5. The Balaban J connectivity index is 1.80. The highest BCUT2D eigenvalue weighted by atomic mass is 35.5. The van der Waals surface area contributed by atoms with E-state index in [-0.39, 0.29) is 6.03 Å². The Bertz CT molecular complexity index is 697. The van der Waals surface area contributed by atoms with E-state index in [0.29, 0.717) is 17.3 Å². The molecule has 0 unspecified atom stereocenters. The predicted octanol–water partition coefficient (Wildman–Crippen LogP) is 3.11. The molecule has 22 heavy (non-hydrogen) atoms. The molecule has 0 radical (unpaired) electrons. The van der Waals surface area contributed by atoms with Gasteiger partial charge in [-0.3, -0.25) is 10.00 Å². The summed E-state index contributed by atoms with van der Waals surface area (Å²) in [5, 5.41) is 10.5. The molecule has 116 valence electrons. The minimum atomic E-state index is -0.158. The van der Waals surface area contributed by atoms with Crippen LogP contribution in [0.25, 0.3) is 0 Å². The van der Waals surface area contributed by atoms with Crippen molar-refractivity contribution in [2.45, 2.75) is 12.8 Å². The second-order valence-corrected chi connectivity index (χ2v) is 5.89. The first-order valence-corrected chi connectivity index (χ1v) is 7.51. The van der Waals surface area contributed by atoms with Crippen LogP contribution in [-0.2, 0) is 6.42 Å². The number of rotatable bonds is 2. The van der Waals surface area contributed by atoms with Crippen LogP contribution >= 0.6 is 11.6 Å². The van der Waals surface area contributed by atoms with Crippen molar-refractivity contribution in [3.05, 3.63) is 35.1 Å². The number of aromatic amines is 1. The van der Waals surface area contributed by atoms with Crippen LogP contribution in [0.1, 0.15) is 12.1 Å². The van der Waals surface area contributed by atoms with E-state index in [2.05, 4.69) is 15.5 Å². The summed E-state index contributed by atoms with van der Waals surface area (Å²) in [5.41, 5.74) is 3.44. The molecule has 0 saturated heterocycles. The van der Waals surface area contributed by atoms with Crippen LogP contribution in [0.15, 0.2) is 24.4 Å². The number of fused-ring (bicyclic) bond motifs is 1. The summed E-state index contributed by atoms with van der Waals surface area (Å²) < 4.78 is 0. The molecule has 1 aromatic carbocycles.